The van der Waals surface area contributed by atoms with Crippen LogP contribution in [0, 0.1) is 0 Å². The average Bonchev–Trinajstić information content (AvgIpc) is 3.02. The highest BCUT2D eigenvalue weighted by Crippen LogP contribution is 2.44. The Balaban J connectivity index is 1.47. The minimum absolute atomic E-state index is 0.0233. The third-order valence-corrected chi connectivity index (χ3v) is 4.87. The van der Waals surface area contributed by atoms with Crippen LogP contribution in [0.4, 0.5) is 4.79 Å². The standard InChI is InChI=1S/C22H23NO5/c24-15(7-1-6-12-21(25)26)13-23-22(27)28-14-20-18-10-4-2-8-16(18)17-9-3-5-11-19(17)20/h2-5,8-11,20H,1,6-7,12-14H2,(H,23,27)(H,25,26). The van der Waals surface area contributed by atoms with Crippen molar-refractivity contribution in [3.05, 3.63) is 59.7 Å². The number of carboxylic acids is 1. The molecule has 6 heteroatoms. The maximum Gasteiger partial charge on any atom is 0.407 e. The SMILES string of the molecule is O=C(O)CCCCC(=O)CNC(=O)OCC1c2ccccc2-c2ccccc21. The molecule has 6 nitrogen and oxygen atoms in total. The molecule has 2 N–H and O–H groups in total. The lowest BCUT2D eigenvalue weighted by atomic mass is 9.98. The highest BCUT2D eigenvalue weighted by Gasteiger charge is 2.28. The number of aliphatic carboxylic acids is 1. The molecule has 0 bridgehead atoms. The highest BCUT2D eigenvalue weighted by atomic mass is 16.5. The van der Waals surface area contributed by atoms with Gasteiger partial charge in [-0.05, 0) is 35.1 Å². The molecule has 0 radical (unpaired) electrons. The van der Waals surface area contributed by atoms with E-state index >= 15 is 0 Å². The first-order valence-electron chi connectivity index (χ1n) is 9.38. The molecule has 2 aromatic rings. The van der Waals surface area contributed by atoms with E-state index in [-0.39, 0.29) is 37.7 Å². The molecule has 0 aliphatic heterocycles. The van der Waals surface area contributed by atoms with Crippen LogP contribution in [-0.2, 0) is 14.3 Å². The summed E-state index contributed by atoms with van der Waals surface area (Å²) in [5, 5.41) is 11.0. The van der Waals surface area contributed by atoms with Gasteiger partial charge in [0.1, 0.15) is 6.61 Å². The van der Waals surface area contributed by atoms with Crippen LogP contribution in [0.2, 0.25) is 0 Å². The van der Waals surface area contributed by atoms with Gasteiger partial charge in [-0.1, -0.05) is 48.5 Å². The first kappa shape index (κ1) is 19.6. The van der Waals surface area contributed by atoms with E-state index < -0.39 is 12.1 Å². The highest BCUT2D eigenvalue weighted by molar-refractivity contribution is 5.84. The number of rotatable bonds is 9. The number of Topliss-reactive ketones (excluding diaryl/α,β-unsaturated/α-hetero) is 1. The van der Waals surface area contributed by atoms with Crippen molar-refractivity contribution in [3.8, 4) is 11.1 Å². The summed E-state index contributed by atoms with van der Waals surface area (Å²) in [6.45, 7) is 0.0937. The number of carbonyl (C=O) groups is 3. The maximum atomic E-state index is 12.0. The lowest BCUT2D eigenvalue weighted by molar-refractivity contribution is -0.137. The number of unbranched alkanes of at least 4 members (excludes halogenated alkanes) is 1. The Bertz CT molecular complexity index is 831. The molecule has 0 saturated heterocycles. The largest absolute Gasteiger partial charge is 0.481 e. The predicted octanol–water partition coefficient (Wildman–Crippen LogP) is 3.74. The van der Waals surface area contributed by atoms with Crippen molar-refractivity contribution in [2.24, 2.45) is 0 Å². The van der Waals surface area contributed by atoms with E-state index in [1.165, 1.54) is 0 Å². The molecule has 0 unspecified atom stereocenters. The zero-order valence-corrected chi connectivity index (χ0v) is 15.5. The maximum absolute atomic E-state index is 12.0. The Morgan fingerprint density at radius 3 is 2.07 bits per heavy atom. The summed E-state index contributed by atoms with van der Waals surface area (Å²) in [5.74, 6) is -1.03. The van der Waals surface area contributed by atoms with Crippen LogP contribution < -0.4 is 5.32 Å². The fraction of sp³-hybridized carbons (Fsp3) is 0.318. The lowest BCUT2D eigenvalue weighted by Crippen LogP contribution is -2.31. The van der Waals surface area contributed by atoms with Gasteiger partial charge in [-0.3, -0.25) is 9.59 Å². The van der Waals surface area contributed by atoms with Crippen molar-refractivity contribution < 1.29 is 24.2 Å². The van der Waals surface area contributed by atoms with Crippen molar-refractivity contribution in [2.75, 3.05) is 13.2 Å². The zero-order chi connectivity index (χ0) is 19.9. The number of carboxylic acid groups (broad SMARTS) is 1. The molecule has 2 aromatic carbocycles. The number of carbonyl (C=O) groups excluding carboxylic acids is 2. The van der Waals surface area contributed by atoms with Gasteiger partial charge in [-0.25, -0.2) is 4.79 Å². The number of benzene rings is 2. The van der Waals surface area contributed by atoms with Crippen LogP contribution in [0.3, 0.4) is 0 Å². The monoisotopic (exact) mass is 381 g/mol. The molecule has 0 spiro atoms. The normalized spacial score (nSPS) is 12.1. The molecular weight excluding hydrogens is 358 g/mol. The number of fused-ring (bicyclic) bond motifs is 3. The van der Waals surface area contributed by atoms with Gasteiger partial charge >= 0.3 is 12.1 Å². The number of nitrogens with one attached hydrogen (secondary N) is 1. The number of ketones is 1. The Morgan fingerprint density at radius 2 is 1.46 bits per heavy atom. The summed E-state index contributed by atoms with van der Waals surface area (Å²) in [6.07, 6.45) is 0.619. The van der Waals surface area contributed by atoms with E-state index in [9.17, 15) is 14.4 Å². The smallest absolute Gasteiger partial charge is 0.407 e. The van der Waals surface area contributed by atoms with Crippen LogP contribution in [-0.4, -0.2) is 36.1 Å². The molecule has 1 aliphatic carbocycles. The Hall–Kier alpha value is -3.15. The molecule has 0 atom stereocenters. The van der Waals surface area contributed by atoms with Gasteiger partial charge in [0.15, 0.2) is 5.78 Å². The molecular formula is C22H23NO5. The van der Waals surface area contributed by atoms with Gasteiger partial charge in [0, 0.05) is 18.8 Å². The van der Waals surface area contributed by atoms with Crippen LogP contribution in [0.5, 0.6) is 0 Å². The summed E-state index contributed by atoms with van der Waals surface area (Å²) in [4.78, 5) is 34.2. The van der Waals surface area contributed by atoms with Crippen molar-refractivity contribution in [3.63, 3.8) is 0 Å². The molecule has 0 saturated carbocycles. The Kier molecular flexibility index (Phi) is 6.42. The minimum Gasteiger partial charge on any atom is -0.481 e. The third kappa shape index (κ3) is 4.76. The zero-order valence-electron chi connectivity index (χ0n) is 15.5. The van der Waals surface area contributed by atoms with Crippen molar-refractivity contribution in [1.82, 2.24) is 5.32 Å². The molecule has 0 heterocycles. The second kappa shape index (κ2) is 9.17. The van der Waals surface area contributed by atoms with Crippen LogP contribution in [0.1, 0.15) is 42.7 Å². The first-order chi connectivity index (χ1) is 13.6. The first-order valence-corrected chi connectivity index (χ1v) is 9.38. The van der Waals surface area contributed by atoms with E-state index in [2.05, 4.69) is 17.4 Å². The van der Waals surface area contributed by atoms with Gasteiger partial charge in [-0.15, -0.1) is 0 Å². The third-order valence-electron chi connectivity index (χ3n) is 4.87. The Morgan fingerprint density at radius 1 is 0.893 bits per heavy atom. The number of amides is 1. The van der Waals surface area contributed by atoms with Gasteiger partial charge in [0.2, 0.25) is 0 Å². The fourth-order valence-corrected chi connectivity index (χ4v) is 3.51. The second-order valence-electron chi connectivity index (χ2n) is 6.82. The molecule has 1 amide bonds. The van der Waals surface area contributed by atoms with Gasteiger partial charge in [0.25, 0.3) is 0 Å². The lowest BCUT2D eigenvalue weighted by Gasteiger charge is -2.14. The van der Waals surface area contributed by atoms with Crippen LogP contribution in [0.15, 0.2) is 48.5 Å². The van der Waals surface area contributed by atoms with E-state index in [0.29, 0.717) is 12.8 Å². The van der Waals surface area contributed by atoms with E-state index in [0.717, 1.165) is 22.3 Å². The van der Waals surface area contributed by atoms with Crippen LogP contribution >= 0.6 is 0 Å². The number of hydrogen-bond acceptors (Lipinski definition) is 4. The van der Waals surface area contributed by atoms with Gasteiger partial charge in [-0.2, -0.15) is 0 Å². The van der Waals surface area contributed by atoms with E-state index in [1.54, 1.807) is 0 Å². The fourth-order valence-electron chi connectivity index (χ4n) is 3.51. The van der Waals surface area contributed by atoms with Crippen LogP contribution in [0.25, 0.3) is 11.1 Å². The number of ether oxygens (including phenoxy) is 1. The summed E-state index contributed by atoms with van der Waals surface area (Å²) in [6, 6.07) is 16.2. The molecule has 0 fully saturated rings. The molecule has 1 aliphatic rings. The van der Waals surface area contributed by atoms with E-state index in [4.69, 9.17) is 9.84 Å². The second-order valence-corrected chi connectivity index (χ2v) is 6.82. The minimum atomic E-state index is -0.871. The molecule has 3 rings (SSSR count). The van der Waals surface area contributed by atoms with E-state index in [1.807, 2.05) is 36.4 Å². The molecule has 0 aromatic heterocycles. The van der Waals surface area contributed by atoms with Crippen molar-refractivity contribution in [1.29, 1.82) is 0 Å². The summed E-state index contributed by atoms with van der Waals surface area (Å²) in [5.41, 5.74) is 4.57. The molecule has 28 heavy (non-hydrogen) atoms. The Labute approximate surface area is 163 Å². The number of alkyl carbamates (subject to hydrolysis) is 1. The summed E-state index contributed by atoms with van der Waals surface area (Å²) in [7, 11) is 0. The number of hydrogen-bond donors (Lipinski definition) is 2. The van der Waals surface area contributed by atoms with Gasteiger partial charge in [0.05, 0.1) is 6.54 Å². The summed E-state index contributed by atoms with van der Waals surface area (Å²) < 4.78 is 5.37. The quantitative estimate of drug-likeness (QED) is 0.646. The predicted molar refractivity (Wildman–Crippen MR) is 104 cm³/mol. The average molecular weight is 381 g/mol. The van der Waals surface area contributed by atoms with Gasteiger partial charge < -0.3 is 15.2 Å². The van der Waals surface area contributed by atoms with Crippen molar-refractivity contribution in [2.45, 2.75) is 31.6 Å². The van der Waals surface area contributed by atoms with Crippen molar-refractivity contribution >= 4 is 17.8 Å². The molecule has 146 valence electrons. The topological polar surface area (TPSA) is 92.7 Å². The summed E-state index contributed by atoms with van der Waals surface area (Å²) >= 11 is 0.